The van der Waals surface area contributed by atoms with E-state index in [1.165, 1.54) is 21.4 Å². The summed E-state index contributed by atoms with van der Waals surface area (Å²) in [6.07, 6.45) is 0. The minimum Gasteiger partial charge on any atom is -0.308 e. The molecule has 18 heavy (non-hydrogen) atoms. The van der Waals surface area contributed by atoms with E-state index in [-0.39, 0.29) is 5.82 Å². The molecule has 0 fully saturated rings. The van der Waals surface area contributed by atoms with Gasteiger partial charge >= 0.3 is 0 Å². The van der Waals surface area contributed by atoms with Gasteiger partial charge in [0.2, 0.25) is 0 Å². The molecule has 0 radical (unpaired) electrons. The van der Waals surface area contributed by atoms with Crippen molar-refractivity contribution in [1.82, 2.24) is 5.32 Å². The standard InChI is InChI=1S/C14H15BrFNS/c1-9-5-13(18-10(9)2)8-17-7-11-3-4-12(15)6-14(11)16/h3-6,17H,7-8H2,1-2H3. The van der Waals surface area contributed by atoms with Crippen molar-refractivity contribution in [2.24, 2.45) is 0 Å². The van der Waals surface area contributed by atoms with E-state index in [1.54, 1.807) is 17.4 Å². The lowest BCUT2D eigenvalue weighted by Crippen LogP contribution is -2.12. The SMILES string of the molecule is Cc1cc(CNCc2ccc(Br)cc2F)sc1C. The molecule has 0 amide bonds. The number of nitrogens with one attached hydrogen (secondary N) is 1. The summed E-state index contributed by atoms with van der Waals surface area (Å²) in [5.74, 6) is -0.171. The van der Waals surface area contributed by atoms with E-state index in [1.807, 2.05) is 6.07 Å². The van der Waals surface area contributed by atoms with Crippen LogP contribution in [0.3, 0.4) is 0 Å². The van der Waals surface area contributed by atoms with Crippen molar-refractivity contribution in [3.05, 3.63) is 55.4 Å². The molecule has 2 rings (SSSR count). The molecule has 4 heteroatoms. The van der Waals surface area contributed by atoms with Gasteiger partial charge in [-0.15, -0.1) is 11.3 Å². The van der Waals surface area contributed by atoms with Crippen molar-refractivity contribution in [1.29, 1.82) is 0 Å². The molecule has 0 bridgehead atoms. The van der Waals surface area contributed by atoms with Crippen LogP contribution in [-0.2, 0) is 13.1 Å². The van der Waals surface area contributed by atoms with Gasteiger partial charge in [-0.3, -0.25) is 0 Å². The fourth-order valence-electron chi connectivity index (χ4n) is 1.72. The van der Waals surface area contributed by atoms with Crippen LogP contribution in [0.5, 0.6) is 0 Å². The molecule has 0 aliphatic rings. The van der Waals surface area contributed by atoms with E-state index < -0.39 is 0 Å². The van der Waals surface area contributed by atoms with E-state index in [2.05, 4.69) is 41.2 Å². The number of halogens is 2. The lowest BCUT2D eigenvalue weighted by atomic mass is 10.2. The Labute approximate surface area is 119 Å². The van der Waals surface area contributed by atoms with Gasteiger partial charge in [0.15, 0.2) is 0 Å². The molecule has 0 aliphatic carbocycles. The van der Waals surface area contributed by atoms with Crippen LogP contribution in [0.4, 0.5) is 4.39 Å². The number of hydrogen-bond donors (Lipinski definition) is 1. The van der Waals surface area contributed by atoms with Crippen LogP contribution in [0.2, 0.25) is 0 Å². The smallest absolute Gasteiger partial charge is 0.128 e. The van der Waals surface area contributed by atoms with Crippen molar-refractivity contribution >= 4 is 27.3 Å². The zero-order chi connectivity index (χ0) is 13.1. The Bertz CT molecular complexity index is 531. The van der Waals surface area contributed by atoms with Crippen LogP contribution in [-0.4, -0.2) is 0 Å². The van der Waals surface area contributed by atoms with Crippen LogP contribution < -0.4 is 5.32 Å². The summed E-state index contributed by atoms with van der Waals surface area (Å²) in [7, 11) is 0. The first-order valence-electron chi connectivity index (χ1n) is 5.77. The van der Waals surface area contributed by atoms with E-state index >= 15 is 0 Å². The third-order valence-corrected chi connectivity index (χ3v) is 4.49. The second-order valence-corrected chi connectivity index (χ2v) is 6.55. The average molecular weight is 328 g/mol. The number of aryl methyl sites for hydroxylation is 2. The van der Waals surface area contributed by atoms with Crippen LogP contribution in [0, 0.1) is 19.7 Å². The Morgan fingerprint density at radius 1 is 1.22 bits per heavy atom. The topological polar surface area (TPSA) is 12.0 Å². The molecular formula is C14H15BrFNS. The van der Waals surface area contributed by atoms with Crippen molar-refractivity contribution in [2.75, 3.05) is 0 Å². The lowest BCUT2D eigenvalue weighted by molar-refractivity contribution is 0.588. The molecule has 96 valence electrons. The Hall–Kier alpha value is -0.710. The summed E-state index contributed by atoms with van der Waals surface area (Å²) in [6, 6.07) is 7.35. The van der Waals surface area contributed by atoms with Gasteiger partial charge in [0.25, 0.3) is 0 Å². The number of hydrogen-bond acceptors (Lipinski definition) is 2. The molecule has 0 atom stereocenters. The maximum absolute atomic E-state index is 13.6. The summed E-state index contributed by atoms with van der Waals surface area (Å²) in [5.41, 5.74) is 2.02. The first-order chi connectivity index (χ1) is 8.56. The van der Waals surface area contributed by atoms with Gasteiger partial charge in [-0.2, -0.15) is 0 Å². The summed E-state index contributed by atoms with van der Waals surface area (Å²) in [4.78, 5) is 2.64. The highest BCUT2D eigenvalue weighted by atomic mass is 79.9. The monoisotopic (exact) mass is 327 g/mol. The fraction of sp³-hybridized carbons (Fsp3) is 0.286. The Balaban J connectivity index is 1.92. The van der Waals surface area contributed by atoms with Gasteiger partial charge in [0, 0.05) is 32.9 Å². The van der Waals surface area contributed by atoms with Gasteiger partial charge in [0.1, 0.15) is 5.82 Å². The van der Waals surface area contributed by atoms with Crippen LogP contribution in [0.1, 0.15) is 20.9 Å². The van der Waals surface area contributed by atoms with Gasteiger partial charge in [0.05, 0.1) is 0 Å². The maximum atomic E-state index is 13.6. The molecule has 0 saturated heterocycles. The van der Waals surface area contributed by atoms with E-state index in [0.29, 0.717) is 12.1 Å². The zero-order valence-corrected chi connectivity index (χ0v) is 12.8. The molecular weight excluding hydrogens is 313 g/mol. The predicted octanol–water partition coefficient (Wildman–Crippen LogP) is 4.56. The Morgan fingerprint density at radius 2 is 2.00 bits per heavy atom. The maximum Gasteiger partial charge on any atom is 0.128 e. The minimum atomic E-state index is -0.171. The first-order valence-corrected chi connectivity index (χ1v) is 7.38. The summed E-state index contributed by atoms with van der Waals surface area (Å²) in [5, 5.41) is 3.27. The molecule has 1 N–H and O–H groups in total. The largest absolute Gasteiger partial charge is 0.308 e. The van der Waals surface area contributed by atoms with Crippen LogP contribution in [0.15, 0.2) is 28.7 Å². The van der Waals surface area contributed by atoms with Gasteiger partial charge in [-0.1, -0.05) is 22.0 Å². The van der Waals surface area contributed by atoms with Crippen LogP contribution in [0.25, 0.3) is 0 Å². The average Bonchev–Trinajstić information content (AvgIpc) is 2.61. The molecule has 0 unspecified atom stereocenters. The quantitative estimate of drug-likeness (QED) is 0.868. The van der Waals surface area contributed by atoms with Crippen molar-refractivity contribution < 1.29 is 4.39 Å². The molecule has 0 aliphatic heterocycles. The highest BCUT2D eigenvalue weighted by Gasteiger charge is 2.04. The van der Waals surface area contributed by atoms with Gasteiger partial charge in [-0.25, -0.2) is 4.39 Å². The number of rotatable bonds is 4. The third-order valence-electron chi connectivity index (χ3n) is 2.85. The van der Waals surface area contributed by atoms with Crippen molar-refractivity contribution in [2.45, 2.75) is 26.9 Å². The lowest BCUT2D eigenvalue weighted by Gasteiger charge is -2.05. The first kappa shape index (κ1) is 13.7. The van der Waals surface area contributed by atoms with Crippen LogP contribution >= 0.6 is 27.3 Å². The molecule has 0 saturated carbocycles. The van der Waals surface area contributed by atoms with Crippen molar-refractivity contribution in [3.8, 4) is 0 Å². The van der Waals surface area contributed by atoms with Gasteiger partial charge < -0.3 is 5.32 Å². The Morgan fingerprint density at radius 3 is 2.61 bits per heavy atom. The normalized spacial score (nSPS) is 10.9. The van der Waals surface area contributed by atoms with Gasteiger partial charge in [-0.05, 0) is 37.6 Å². The minimum absolute atomic E-state index is 0.171. The molecule has 1 heterocycles. The Kier molecular flexibility index (Phi) is 4.54. The molecule has 1 aromatic heterocycles. The highest BCUT2D eigenvalue weighted by Crippen LogP contribution is 2.20. The van der Waals surface area contributed by atoms with E-state index in [0.717, 1.165) is 11.0 Å². The van der Waals surface area contributed by atoms with Crippen molar-refractivity contribution in [3.63, 3.8) is 0 Å². The second kappa shape index (κ2) is 5.95. The second-order valence-electron chi connectivity index (χ2n) is 4.29. The number of thiophene rings is 1. The molecule has 2 aromatic rings. The summed E-state index contributed by atoms with van der Waals surface area (Å²) in [6.45, 7) is 5.57. The van der Waals surface area contributed by atoms with E-state index in [9.17, 15) is 4.39 Å². The zero-order valence-electron chi connectivity index (χ0n) is 10.4. The summed E-state index contributed by atoms with van der Waals surface area (Å²) < 4.78 is 14.3. The third kappa shape index (κ3) is 3.40. The van der Waals surface area contributed by atoms with E-state index in [4.69, 9.17) is 0 Å². The fourth-order valence-corrected chi connectivity index (χ4v) is 3.08. The predicted molar refractivity (Wildman–Crippen MR) is 78.4 cm³/mol. The molecule has 1 aromatic carbocycles. The summed E-state index contributed by atoms with van der Waals surface area (Å²) >= 11 is 5.05. The number of benzene rings is 1. The molecule has 0 spiro atoms. The molecule has 1 nitrogen and oxygen atoms in total. The highest BCUT2D eigenvalue weighted by molar-refractivity contribution is 9.10.